The molecule has 0 spiro atoms. The van der Waals surface area contributed by atoms with Crippen molar-refractivity contribution in [3.63, 3.8) is 0 Å². The van der Waals surface area contributed by atoms with E-state index in [9.17, 15) is 8.42 Å². The zero-order valence-corrected chi connectivity index (χ0v) is 9.07. The normalized spacial score (nSPS) is 23.6. The first-order valence-corrected chi connectivity index (χ1v) is 6.90. The molecule has 0 aromatic rings. The summed E-state index contributed by atoms with van der Waals surface area (Å²) in [6.45, 7) is 2.96. The molecule has 1 saturated heterocycles. The average Bonchev–Trinajstić information content (AvgIpc) is 2.52. The van der Waals surface area contributed by atoms with E-state index in [1.807, 2.05) is 6.92 Å². The fraction of sp³-hybridized carbons (Fsp3) is 1.00. The summed E-state index contributed by atoms with van der Waals surface area (Å²) >= 11 is 0. The minimum Gasteiger partial charge on any atom is -0.314 e. The lowest BCUT2D eigenvalue weighted by Crippen LogP contribution is -2.25. The van der Waals surface area contributed by atoms with Gasteiger partial charge in [0.05, 0.1) is 5.75 Å². The van der Waals surface area contributed by atoms with Crippen molar-refractivity contribution in [3.05, 3.63) is 0 Å². The second kappa shape index (κ2) is 4.96. The van der Waals surface area contributed by atoms with Crippen molar-refractivity contribution in [2.24, 2.45) is 0 Å². The molecule has 1 N–H and O–H groups in total. The maximum atomic E-state index is 11.4. The number of rotatable bonds is 5. The highest BCUT2D eigenvalue weighted by Crippen LogP contribution is 2.10. The van der Waals surface area contributed by atoms with Crippen LogP contribution in [-0.4, -0.2) is 32.5 Å². The summed E-state index contributed by atoms with van der Waals surface area (Å²) in [5, 5.41) is 3.31. The Bertz CT molecular complexity index is 230. The number of nitrogens with one attached hydrogen (secondary N) is 1. The van der Waals surface area contributed by atoms with Crippen LogP contribution in [0.25, 0.3) is 0 Å². The van der Waals surface area contributed by atoms with Crippen LogP contribution in [-0.2, 0) is 9.84 Å². The topological polar surface area (TPSA) is 46.2 Å². The minimum absolute atomic E-state index is 0.347. The predicted molar refractivity (Wildman–Crippen MR) is 54.6 cm³/mol. The van der Waals surface area contributed by atoms with Crippen LogP contribution < -0.4 is 5.32 Å². The molecule has 0 aromatic heterocycles. The van der Waals surface area contributed by atoms with E-state index in [0.29, 0.717) is 17.5 Å². The third-order valence-electron chi connectivity index (χ3n) is 2.45. The van der Waals surface area contributed by atoms with Crippen LogP contribution in [0, 0.1) is 0 Å². The first-order chi connectivity index (χ1) is 6.14. The Hall–Kier alpha value is -0.0900. The quantitative estimate of drug-likeness (QED) is 0.727. The van der Waals surface area contributed by atoms with Gasteiger partial charge in [0.1, 0.15) is 9.84 Å². The van der Waals surface area contributed by atoms with Crippen LogP contribution in [0.5, 0.6) is 0 Å². The van der Waals surface area contributed by atoms with Crippen LogP contribution in [0.4, 0.5) is 0 Å². The van der Waals surface area contributed by atoms with Gasteiger partial charge in [0.15, 0.2) is 0 Å². The van der Waals surface area contributed by atoms with E-state index < -0.39 is 9.84 Å². The Kier molecular flexibility index (Phi) is 4.19. The summed E-state index contributed by atoms with van der Waals surface area (Å²) in [4.78, 5) is 0. The van der Waals surface area contributed by atoms with E-state index in [1.54, 1.807) is 0 Å². The smallest absolute Gasteiger partial charge is 0.150 e. The highest BCUT2D eigenvalue weighted by atomic mass is 32.2. The fourth-order valence-corrected chi connectivity index (χ4v) is 3.21. The van der Waals surface area contributed by atoms with Gasteiger partial charge in [-0.3, -0.25) is 0 Å². The van der Waals surface area contributed by atoms with E-state index in [-0.39, 0.29) is 0 Å². The van der Waals surface area contributed by atoms with Gasteiger partial charge in [0.25, 0.3) is 0 Å². The highest BCUT2D eigenvalue weighted by Gasteiger charge is 2.17. The van der Waals surface area contributed by atoms with Gasteiger partial charge in [0, 0.05) is 11.8 Å². The van der Waals surface area contributed by atoms with Crippen molar-refractivity contribution in [2.45, 2.75) is 38.6 Å². The molecule has 1 atom stereocenters. The van der Waals surface area contributed by atoms with E-state index in [4.69, 9.17) is 0 Å². The van der Waals surface area contributed by atoms with E-state index in [2.05, 4.69) is 5.32 Å². The molecule has 0 radical (unpaired) electrons. The number of sulfone groups is 1. The molecule has 1 aliphatic heterocycles. The van der Waals surface area contributed by atoms with Crippen molar-refractivity contribution in [3.8, 4) is 0 Å². The van der Waals surface area contributed by atoms with Crippen molar-refractivity contribution in [1.29, 1.82) is 0 Å². The molecule has 4 heteroatoms. The van der Waals surface area contributed by atoms with E-state index in [0.717, 1.165) is 25.8 Å². The molecule has 1 heterocycles. The first kappa shape index (κ1) is 11.0. The van der Waals surface area contributed by atoms with Crippen molar-refractivity contribution < 1.29 is 8.42 Å². The van der Waals surface area contributed by atoms with Gasteiger partial charge in [-0.15, -0.1) is 0 Å². The van der Waals surface area contributed by atoms with Crippen molar-refractivity contribution in [2.75, 3.05) is 18.1 Å². The summed E-state index contributed by atoms with van der Waals surface area (Å²) in [6, 6.07) is 0.451. The van der Waals surface area contributed by atoms with E-state index in [1.165, 1.54) is 6.42 Å². The van der Waals surface area contributed by atoms with Gasteiger partial charge in [-0.1, -0.05) is 6.92 Å². The molecule has 0 amide bonds. The largest absolute Gasteiger partial charge is 0.314 e. The van der Waals surface area contributed by atoms with Gasteiger partial charge < -0.3 is 5.32 Å². The summed E-state index contributed by atoms with van der Waals surface area (Å²) in [6.07, 6.45) is 3.86. The van der Waals surface area contributed by atoms with Gasteiger partial charge in [0.2, 0.25) is 0 Å². The monoisotopic (exact) mass is 205 g/mol. The first-order valence-electron chi connectivity index (χ1n) is 5.08. The summed E-state index contributed by atoms with van der Waals surface area (Å²) in [5.74, 6) is 0.707. The van der Waals surface area contributed by atoms with Gasteiger partial charge in [-0.25, -0.2) is 8.42 Å². The lowest BCUT2D eigenvalue weighted by atomic mass is 10.2. The van der Waals surface area contributed by atoms with Crippen LogP contribution in [0.1, 0.15) is 32.6 Å². The Morgan fingerprint density at radius 3 is 2.69 bits per heavy atom. The maximum Gasteiger partial charge on any atom is 0.150 e. The maximum absolute atomic E-state index is 11.4. The predicted octanol–water partition coefficient (Wildman–Crippen LogP) is 0.953. The third kappa shape index (κ3) is 4.09. The lowest BCUT2D eigenvalue weighted by Gasteiger charge is -2.09. The second-order valence-corrected chi connectivity index (χ2v) is 6.04. The lowest BCUT2D eigenvalue weighted by molar-refractivity contribution is 0.561. The van der Waals surface area contributed by atoms with Crippen molar-refractivity contribution in [1.82, 2.24) is 5.32 Å². The molecule has 0 saturated carbocycles. The summed E-state index contributed by atoms with van der Waals surface area (Å²) in [7, 11) is -2.76. The van der Waals surface area contributed by atoms with E-state index >= 15 is 0 Å². The molecule has 3 nitrogen and oxygen atoms in total. The minimum atomic E-state index is -2.76. The number of hydrogen-bond acceptors (Lipinski definition) is 3. The average molecular weight is 205 g/mol. The zero-order chi connectivity index (χ0) is 9.73. The van der Waals surface area contributed by atoms with Crippen LogP contribution in [0.3, 0.4) is 0 Å². The summed E-state index contributed by atoms with van der Waals surface area (Å²) < 4.78 is 22.7. The molecule has 0 aliphatic carbocycles. The molecule has 1 fully saturated rings. The van der Waals surface area contributed by atoms with Gasteiger partial charge in [-0.05, 0) is 32.2 Å². The molecule has 1 unspecified atom stereocenters. The fourth-order valence-electron chi connectivity index (χ4n) is 1.74. The van der Waals surface area contributed by atoms with Crippen molar-refractivity contribution >= 4 is 9.84 Å². The summed E-state index contributed by atoms with van der Waals surface area (Å²) in [5.41, 5.74) is 0. The van der Waals surface area contributed by atoms with Crippen LogP contribution >= 0.6 is 0 Å². The molecule has 0 bridgehead atoms. The SMILES string of the molecule is CCCS(=O)(=O)CCC1CCCN1. The Morgan fingerprint density at radius 2 is 2.15 bits per heavy atom. The Labute approximate surface area is 80.8 Å². The van der Waals surface area contributed by atoms with Crippen LogP contribution in [0.2, 0.25) is 0 Å². The van der Waals surface area contributed by atoms with Crippen LogP contribution in [0.15, 0.2) is 0 Å². The molecule has 1 aliphatic rings. The molecular formula is C9H19NO2S. The zero-order valence-electron chi connectivity index (χ0n) is 8.25. The van der Waals surface area contributed by atoms with Gasteiger partial charge >= 0.3 is 0 Å². The molecule has 1 rings (SSSR count). The molecule has 13 heavy (non-hydrogen) atoms. The number of hydrogen-bond donors (Lipinski definition) is 1. The molecule has 78 valence electrons. The second-order valence-electron chi connectivity index (χ2n) is 3.73. The third-order valence-corrected chi connectivity index (χ3v) is 4.34. The molecule has 0 aromatic carbocycles. The Morgan fingerprint density at radius 1 is 1.38 bits per heavy atom. The van der Waals surface area contributed by atoms with Gasteiger partial charge in [-0.2, -0.15) is 0 Å². The highest BCUT2D eigenvalue weighted by molar-refractivity contribution is 7.91. The Balaban J connectivity index is 2.24. The molecular weight excluding hydrogens is 186 g/mol. The standard InChI is InChI=1S/C9H19NO2S/c1-2-7-13(11,12)8-5-9-4-3-6-10-9/h9-10H,2-8H2,1H3.